The van der Waals surface area contributed by atoms with Crippen LogP contribution < -0.4 is 0 Å². The van der Waals surface area contributed by atoms with Crippen molar-refractivity contribution in [2.45, 2.75) is 18.9 Å². The average Bonchev–Trinajstić information content (AvgIpc) is 3.07. The molecule has 4 rings (SSSR count). The van der Waals surface area contributed by atoms with Gasteiger partial charge in [0.1, 0.15) is 0 Å². The molecule has 4 aliphatic rings. The number of cyclic esters (lactones) is 1. The number of hydrogen-bond donors (Lipinski definition) is 1. The summed E-state index contributed by atoms with van der Waals surface area (Å²) in [7, 11) is 0. The zero-order valence-electron chi connectivity index (χ0n) is 11.2. The number of ether oxygens (including phenoxy) is 2. The number of hydrogen-bond acceptors (Lipinski definition) is 4. The van der Waals surface area contributed by atoms with Crippen molar-refractivity contribution < 1.29 is 24.2 Å². The molecule has 1 N–H and O–H groups in total. The van der Waals surface area contributed by atoms with Crippen LogP contribution in [0.4, 0.5) is 0 Å². The summed E-state index contributed by atoms with van der Waals surface area (Å²) < 4.78 is 10.8. The zero-order valence-corrected chi connectivity index (χ0v) is 11.2. The fourth-order valence-corrected chi connectivity index (χ4v) is 4.67. The third-order valence-electron chi connectivity index (χ3n) is 5.80. The maximum Gasteiger partial charge on any atom is 0.341 e. The molecule has 0 bridgehead atoms. The molecule has 0 aromatic rings. The Labute approximate surface area is 116 Å². The smallest absolute Gasteiger partial charge is 0.341 e. The monoisotopic (exact) mass is 276 g/mol. The summed E-state index contributed by atoms with van der Waals surface area (Å²) in [4.78, 5) is 23.7. The summed E-state index contributed by atoms with van der Waals surface area (Å²) in [6, 6.07) is 0. The first-order chi connectivity index (χ1) is 9.44. The summed E-state index contributed by atoms with van der Waals surface area (Å²) in [5, 5.41) is 9.44. The van der Waals surface area contributed by atoms with Crippen LogP contribution in [0.1, 0.15) is 13.3 Å². The van der Waals surface area contributed by atoms with E-state index < -0.39 is 17.0 Å². The maximum absolute atomic E-state index is 12.2. The van der Waals surface area contributed by atoms with E-state index in [1.54, 1.807) is 0 Å². The Morgan fingerprint density at radius 1 is 1.55 bits per heavy atom. The van der Waals surface area contributed by atoms with E-state index in [1.807, 2.05) is 6.08 Å². The summed E-state index contributed by atoms with van der Waals surface area (Å²) in [6.45, 7) is 6.63. The molecule has 2 aliphatic carbocycles. The molecule has 2 aliphatic heterocycles. The summed E-state index contributed by atoms with van der Waals surface area (Å²) in [6.07, 6.45) is 2.47. The molecule has 1 saturated carbocycles. The van der Waals surface area contributed by atoms with Crippen molar-refractivity contribution >= 4 is 11.9 Å². The highest BCUT2D eigenvalue weighted by atomic mass is 16.6. The van der Waals surface area contributed by atoms with E-state index in [1.165, 1.54) is 0 Å². The number of carbonyl (C=O) groups excluding carboxylic acids is 1. The number of aliphatic carboxylic acids is 1. The molecule has 5 nitrogen and oxygen atoms in total. The number of allylic oxidation sites excluding steroid dienone is 2. The minimum Gasteiger partial charge on any atom is -0.478 e. The number of rotatable bonds is 1. The topological polar surface area (TPSA) is 76.1 Å². The fraction of sp³-hybridized carbons (Fsp3) is 0.600. The number of carboxylic acids is 1. The van der Waals surface area contributed by atoms with E-state index >= 15 is 0 Å². The molecule has 5 heteroatoms. The Morgan fingerprint density at radius 2 is 2.25 bits per heavy atom. The van der Waals surface area contributed by atoms with Crippen molar-refractivity contribution in [3.05, 3.63) is 23.8 Å². The molecule has 0 aromatic carbocycles. The van der Waals surface area contributed by atoms with Crippen molar-refractivity contribution in [2.75, 3.05) is 13.2 Å². The van der Waals surface area contributed by atoms with Gasteiger partial charge in [0, 0.05) is 16.9 Å². The van der Waals surface area contributed by atoms with Crippen LogP contribution in [0.5, 0.6) is 0 Å². The first-order valence-corrected chi connectivity index (χ1v) is 6.88. The third-order valence-corrected chi connectivity index (χ3v) is 5.80. The third kappa shape index (κ3) is 1.06. The van der Waals surface area contributed by atoms with Gasteiger partial charge in [-0.05, 0) is 18.3 Å². The van der Waals surface area contributed by atoms with E-state index in [4.69, 9.17) is 9.47 Å². The highest BCUT2D eigenvalue weighted by molar-refractivity contribution is 5.92. The quantitative estimate of drug-likeness (QED) is 0.442. The number of carboxylic acid groups (broad SMARTS) is 1. The molecule has 106 valence electrons. The van der Waals surface area contributed by atoms with Crippen LogP contribution in [0.3, 0.4) is 0 Å². The van der Waals surface area contributed by atoms with Crippen molar-refractivity contribution in [1.29, 1.82) is 0 Å². The van der Waals surface area contributed by atoms with Crippen LogP contribution in [0.25, 0.3) is 0 Å². The van der Waals surface area contributed by atoms with Crippen molar-refractivity contribution in [3.8, 4) is 0 Å². The van der Waals surface area contributed by atoms with Gasteiger partial charge in [0.05, 0.1) is 13.2 Å². The van der Waals surface area contributed by atoms with Crippen molar-refractivity contribution in [1.82, 2.24) is 0 Å². The predicted molar refractivity (Wildman–Crippen MR) is 67.7 cm³/mol. The number of esters is 1. The van der Waals surface area contributed by atoms with E-state index in [9.17, 15) is 14.7 Å². The lowest BCUT2D eigenvalue weighted by Gasteiger charge is -2.44. The van der Waals surface area contributed by atoms with Gasteiger partial charge in [-0.2, -0.15) is 0 Å². The maximum atomic E-state index is 12.2. The normalized spacial score (nSPS) is 48.6. The zero-order chi connectivity index (χ0) is 14.3. The minimum atomic E-state index is -0.942. The van der Waals surface area contributed by atoms with Gasteiger partial charge in [0.25, 0.3) is 0 Å². The minimum absolute atomic E-state index is 0.00134. The SMILES string of the molecule is C=C1CC23C(COC(=O)C24CO4)C(C(=O)O)=CC3C1C. The van der Waals surface area contributed by atoms with Crippen LogP contribution in [0, 0.1) is 23.2 Å². The summed E-state index contributed by atoms with van der Waals surface area (Å²) in [5.41, 5.74) is 0.0103. The van der Waals surface area contributed by atoms with Crippen LogP contribution in [0.15, 0.2) is 23.8 Å². The Morgan fingerprint density at radius 3 is 2.85 bits per heavy atom. The van der Waals surface area contributed by atoms with Crippen molar-refractivity contribution in [2.24, 2.45) is 23.2 Å². The fourth-order valence-electron chi connectivity index (χ4n) is 4.67. The molecule has 5 atom stereocenters. The highest BCUT2D eigenvalue weighted by Crippen LogP contribution is 2.70. The largest absolute Gasteiger partial charge is 0.478 e. The van der Waals surface area contributed by atoms with Crippen LogP contribution in [-0.4, -0.2) is 35.9 Å². The standard InChI is InChI=1S/C15H16O5/c1-7-4-14-10(8(7)2)3-9(12(16)17)11(14)5-19-13(18)15(14)6-20-15/h3,8,10-11H,1,4-6H2,2H3,(H,16,17). The lowest BCUT2D eigenvalue weighted by molar-refractivity contribution is -0.174. The molecular formula is C15H16O5. The average molecular weight is 276 g/mol. The molecule has 5 unspecified atom stereocenters. The lowest BCUT2D eigenvalue weighted by Crippen LogP contribution is -2.56. The van der Waals surface area contributed by atoms with Gasteiger partial charge in [0.15, 0.2) is 5.60 Å². The number of epoxide rings is 1. The molecule has 0 amide bonds. The first kappa shape index (κ1) is 12.1. The molecule has 0 radical (unpaired) electrons. The first-order valence-electron chi connectivity index (χ1n) is 6.88. The Kier molecular flexibility index (Phi) is 2.03. The molecule has 3 fully saturated rings. The van der Waals surface area contributed by atoms with Gasteiger partial charge in [0.2, 0.25) is 0 Å². The Balaban J connectivity index is 1.91. The summed E-state index contributed by atoms with van der Waals surface area (Å²) >= 11 is 0. The van der Waals surface area contributed by atoms with Gasteiger partial charge in [-0.1, -0.05) is 25.2 Å². The van der Waals surface area contributed by atoms with E-state index in [0.29, 0.717) is 18.6 Å². The van der Waals surface area contributed by atoms with Crippen LogP contribution >= 0.6 is 0 Å². The number of carbonyl (C=O) groups is 2. The lowest BCUT2D eigenvalue weighted by atomic mass is 9.61. The highest BCUT2D eigenvalue weighted by Gasteiger charge is 2.79. The van der Waals surface area contributed by atoms with Crippen LogP contribution in [-0.2, 0) is 19.1 Å². The molecule has 2 spiro atoms. The predicted octanol–water partition coefficient (Wildman–Crippen LogP) is 1.15. The molecule has 20 heavy (non-hydrogen) atoms. The Bertz CT molecular complexity index is 585. The molecule has 2 saturated heterocycles. The van der Waals surface area contributed by atoms with Gasteiger partial charge < -0.3 is 14.6 Å². The van der Waals surface area contributed by atoms with E-state index in [2.05, 4.69) is 13.5 Å². The molecule has 0 aromatic heterocycles. The van der Waals surface area contributed by atoms with Crippen molar-refractivity contribution in [3.63, 3.8) is 0 Å². The van der Waals surface area contributed by atoms with Gasteiger partial charge >= 0.3 is 11.9 Å². The van der Waals surface area contributed by atoms with Gasteiger partial charge in [-0.3, -0.25) is 0 Å². The van der Waals surface area contributed by atoms with Crippen LogP contribution in [0.2, 0.25) is 0 Å². The van der Waals surface area contributed by atoms with Gasteiger partial charge in [-0.15, -0.1) is 0 Å². The summed E-state index contributed by atoms with van der Waals surface area (Å²) in [5.74, 6) is -1.37. The van der Waals surface area contributed by atoms with E-state index in [-0.39, 0.29) is 30.3 Å². The Hall–Kier alpha value is -1.62. The molecular weight excluding hydrogens is 260 g/mol. The van der Waals surface area contributed by atoms with E-state index in [0.717, 1.165) is 5.57 Å². The molecule has 2 heterocycles. The second-order valence-corrected chi connectivity index (χ2v) is 6.38. The second-order valence-electron chi connectivity index (χ2n) is 6.38. The second kappa shape index (κ2) is 3.34. The van der Waals surface area contributed by atoms with Gasteiger partial charge in [-0.25, -0.2) is 9.59 Å².